The number of aromatic carboxylic acids is 1. The van der Waals surface area contributed by atoms with Gasteiger partial charge in [0.25, 0.3) is 0 Å². The molecule has 0 atom stereocenters. The topological polar surface area (TPSA) is 113 Å². The molecule has 0 saturated heterocycles. The molecule has 0 bridgehead atoms. The van der Waals surface area contributed by atoms with Crippen LogP contribution >= 0.6 is 0 Å². The average Bonchev–Trinajstić information content (AvgIpc) is 2.60. The van der Waals surface area contributed by atoms with Gasteiger partial charge < -0.3 is 14.9 Å². The molecule has 0 radical (unpaired) electrons. The third-order valence-corrected chi connectivity index (χ3v) is 3.17. The van der Waals surface area contributed by atoms with Crippen LogP contribution in [0.15, 0.2) is 60.3 Å². The molecule has 0 fully saturated rings. The van der Waals surface area contributed by atoms with Crippen molar-refractivity contribution in [3.05, 3.63) is 77.0 Å². The van der Waals surface area contributed by atoms with E-state index in [1.807, 2.05) is 6.07 Å². The monoisotopic (exact) mass is 341 g/mol. The third-order valence-electron chi connectivity index (χ3n) is 3.17. The Balaban J connectivity index is 2.12. The summed E-state index contributed by atoms with van der Waals surface area (Å²) in [6.45, 7) is -0.0225. The maximum Gasteiger partial charge on any atom is 0.412 e. The zero-order valence-electron chi connectivity index (χ0n) is 13.0. The van der Waals surface area contributed by atoms with Crippen LogP contribution in [0, 0.1) is 0 Å². The summed E-state index contributed by atoms with van der Waals surface area (Å²) in [6, 6.07) is 14.7. The molecule has 0 aromatic heterocycles. The number of amides is 1. The maximum absolute atomic E-state index is 11.8. The lowest BCUT2D eigenvalue weighted by Gasteiger charge is -2.08. The maximum atomic E-state index is 11.8. The Hall–Kier alpha value is -3.61. The molecular formula is C18H15NO6. The van der Waals surface area contributed by atoms with Gasteiger partial charge in [0.1, 0.15) is 12.3 Å². The first kappa shape index (κ1) is 17.7. The Kier molecular flexibility index (Phi) is 5.89. The van der Waals surface area contributed by atoms with E-state index in [-0.39, 0.29) is 17.7 Å². The molecule has 128 valence electrons. The van der Waals surface area contributed by atoms with Crippen molar-refractivity contribution in [1.82, 2.24) is 5.32 Å². The number of carbonyl (C=O) groups excluding carboxylic acids is 1. The van der Waals surface area contributed by atoms with Crippen LogP contribution in [0.4, 0.5) is 4.79 Å². The predicted molar refractivity (Wildman–Crippen MR) is 88.8 cm³/mol. The van der Waals surface area contributed by atoms with Crippen molar-refractivity contribution in [3.63, 3.8) is 0 Å². The fraction of sp³-hybridized carbons (Fsp3) is 0.0556. The number of ether oxygens (including phenoxy) is 1. The quantitative estimate of drug-likeness (QED) is 0.696. The SMILES string of the molecule is O=C(N/C(=C\c1ccccc1C(=O)O)C(=O)O)OCc1ccccc1. The molecule has 25 heavy (non-hydrogen) atoms. The molecule has 0 aliphatic rings. The zero-order chi connectivity index (χ0) is 18.2. The average molecular weight is 341 g/mol. The first-order valence-corrected chi connectivity index (χ1v) is 7.22. The molecule has 2 rings (SSSR count). The van der Waals surface area contributed by atoms with Gasteiger partial charge in [-0.05, 0) is 23.3 Å². The zero-order valence-corrected chi connectivity index (χ0v) is 13.0. The molecule has 2 aromatic rings. The summed E-state index contributed by atoms with van der Waals surface area (Å²) in [7, 11) is 0. The van der Waals surface area contributed by atoms with Crippen LogP contribution in [-0.2, 0) is 16.1 Å². The largest absolute Gasteiger partial charge is 0.478 e. The van der Waals surface area contributed by atoms with Crippen molar-refractivity contribution in [2.45, 2.75) is 6.61 Å². The Morgan fingerprint density at radius 2 is 1.60 bits per heavy atom. The van der Waals surface area contributed by atoms with Gasteiger partial charge in [-0.25, -0.2) is 14.4 Å². The van der Waals surface area contributed by atoms with Gasteiger partial charge in [-0.15, -0.1) is 0 Å². The van der Waals surface area contributed by atoms with E-state index < -0.39 is 23.7 Å². The van der Waals surface area contributed by atoms with E-state index in [1.165, 1.54) is 18.2 Å². The van der Waals surface area contributed by atoms with Crippen molar-refractivity contribution in [2.24, 2.45) is 0 Å². The van der Waals surface area contributed by atoms with Gasteiger partial charge in [0.15, 0.2) is 0 Å². The molecule has 0 aliphatic heterocycles. The van der Waals surface area contributed by atoms with E-state index in [4.69, 9.17) is 9.84 Å². The number of aliphatic carboxylic acids is 1. The molecule has 0 aliphatic carbocycles. The highest BCUT2D eigenvalue weighted by molar-refractivity contribution is 5.98. The Morgan fingerprint density at radius 1 is 0.960 bits per heavy atom. The summed E-state index contributed by atoms with van der Waals surface area (Å²) >= 11 is 0. The number of hydrogen-bond donors (Lipinski definition) is 3. The van der Waals surface area contributed by atoms with Crippen LogP contribution < -0.4 is 5.32 Å². The number of nitrogens with one attached hydrogen (secondary N) is 1. The van der Waals surface area contributed by atoms with Crippen molar-refractivity contribution < 1.29 is 29.3 Å². The van der Waals surface area contributed by atoms with E-state index in [9.17, 15) is 19.5 Å². The number of benzene rings is 2. The Morgan fingerprint density at radius 3 is 2.24 bits per heavy atom. The van der Waals surface area contributed by atoms with E-state index in [1.54, 1.807) is 30.3 Å². The molecule has 2 aromatic carbocycles. The molecule has 0 heterocycles. The molecule has 0 saturated carbocycles. The van der Waals surface area contributed by atoms with Gasteiger partial charge in [0.05, 0.1) is 5.56 Å². The number of rotatable bonds is 6. The molecule has 3 N–H and O–H groups in total. The number of carboxylic acids is 2. The predicted octanol–water partition coefficient (Wildman–Crippen LogP) is 2.74. The lowest BCUT2D eigenvalue weighted by atomic mass is 10.1. The minimum atomic E-state index is -1.42. The minimum absolute atomic E-state index is 0.0225. The summed E-state index contributed by atoms with van der Waals surface area (Å²) in [4.78, 5) is 34.3. The fourth-order valence-electron chi connectivity index (χ4n) is 1.99. The minimum Gasteiger partial charge on any atom is -0.478 e. The fourth-order valence-corrected chi connectivity index (χ4v) is 1.99. The van der Waals surface area contributed by atoms with Gasteiger partial charge in [0.2, 0.25) is 0 Å². The van der Waals surface area contributed by atoms with E-state index in [0.29, 0.717) is 0 Å². The second-order valence-corrected chi connectivity index (χ2v) is 4.94. The smallest absolute Gasteiger partial charge is 0.412 e. The van der Waals surface area contributed by atoms with Gasteiger partial charge >= 0.3 is 18.0 Å². The highest BCUT2D eigenvalue weighted by Gasteiger charge is 2.15. The summed E-state index contributed by atoms with van der Waals surface area (Å²) in [5, 5.41) is 20.4. The highest BCUT2D eigenvalue weighted by Crippen LogP contribution is 2.13. The van der Waals surface area contributed by atoms with Crippen LogP contribution in [-0.4, -0.2) is 28.2 Å². The van der Waals surface area contributed by atoms with Crippen LogP contribution in [0.2, 0.25) is 0 Å². The lowest BCUT2D eigenvalue weighted by Crippen LogP contribution is -2.27. The van der Waals surface area contributed by atoms with Crippen molar-refractivity contribution in [2.75, 3.05) is 0 Å². The number of hydrogen-bond acceptors (Lipinski definition) is 4. The van der Waals surface area contributed by atoms with E-state index in [2.05, 4.69) is 5.32 Å². The van der Waals surface area contributed by atoms with Gasteiger partial charge in [-0.2, -0.15) is 0 Å². The molecule has 7 nitrogen and oxygen atoms in total. The molecular weight excluding hydrogens is 326 g/mol. The van der Waals surface area contributed by atoms with Crippen LogP contribution in [0.3, 0.4) is 0 Å². The summed E-state index contributed by atoms with van der Waals surface area (Å²) in [5.41, 5.74) is 0.318. The van der Waals surface area contributed by atoms with Gasteiger partial charge in [0, 0.05) is 0 Å². The summed E-state index contributed by atoms with van der Waals surface area (Å²) in [6.07, 6.45) is 0.112. The second-order valence-electron chi connectivity index (χ2n) is 4.94. The van der Waals surface area contributed by atoms with Crippen molar-refractivity contribution >= 4 is 24.1 Å². The molecule has 1 amide bonds. The van der Waals surface area contributed by atoms with Crippen molar-refractivity contribution in [1.29, 1.82) is 0 Å². The van der Waals surface area contributed by atoms with E-state index >= 15 is 0 Å². The van der Waals surface area contributed by atoms with Crippen LogP contribution in [0.1, 0.15) is 21.5 Å². The van der Waals surface area contributed by atoms with Gasteiger partial charge in [-0.1, -0.05) is 48.5 Å². The summed E-state index contributed by atoms with van der Waals surface area (Å²) < 4.78 is 4.95. The Bertz CT molecular complexity index is 813. The van der Waals surface area contributed by atoms with Crippen LogP contribution in [0.25, 0.3) is 6.08 Å². The third kappa shape index (κ3) is 5.21. The number of carbonyl (C=O) groups is 3. The Labute approximate surface area is 143 Å². The molecule has 0 unspecified atom stereocenters. The highest BCUT2D eigenvalue weighted by atomic mass is 16.5. The lowest BCUT2D eigenvalue weighted by molar-refractivity contribution is -0.132. The normalized spacial score (nSPS) is 10.8. The van der Waals surface area contributed by atoms with Crippen molar-refractivity contribution in [3.8, 4) is 0 Å². The van der Waals surface area contributed by atoms with Crippen LogP contribution in [0.5, 0.6) is 0 Å². The second kappa shape index (κ2) is 8.30. The molecule has 7 heteroatoms. The van der Waals surface area contributed by atoms with E-state index in [0.717, 1.165) is 11.6 Å². The number of alkyl carbamates (subject to hydrolysis) is 1. The standard InChI is InChI=1S/C18H15NO6/c20-16(21)14-9-5-4-8-13(14)10-15(17(22)23)19-18(24)25-11-12-6-2-1-3-7-12/h1-10H,11H2,(H,19,24)(H,20,21)(H,22,23)/b15-10-. The first-order valence-electron chi connectivity index (χ1n) is 7.22. The molecule has 0 spiro atoms. The summed E-state index contributed by atoms with van der Waals surface area (Å²) in [5.74, 6) is -2.62. The number of carboxylic acid groups (broad SMARTS) is 2. The van der Waals surface area contributed by atoms with Gasteiger partial charge in [-0.3, -0.25) is 5.32 Å². The first-order chi connectivity index (χ1) is 12.0.